The molecule has 4 nitrogen and oxygen atoms in total. The van der Waals surface area contributed by atoms with Gasteiger partial charge in [0.1, 0.15) is 5.75 Å². The van der Waals surface area contributed by atoms with Gasteiger partial charge < -0.3 is 15.2 Å². The van der Waals surface area contributed by atoms with Gasteiger partial charge in [0.05, 0.1) is 12.2 Å². The van der Waals surface area contributed by atoms with Crippen molar-refractivity contribution in [2.24, 2.45) is 0 Å². The first-order valence-electron chi connectivity index (χ1n) is 14.5. The maximum absolute atomic E-state index is 11.3. The van der Waals surface area contributed by atoms with Crippen molar-refractivity contribution in [1.82, 2.24) is 5.32 Å². The van der Waals surface area contributed by atoms with Crippen LogP contribution in [0.25, 0.3) is 22.3 Å². The molecule has 0 aromatic heterocycles. The Morgan fingerprint density at radius 3 is 2.13 bits per heavy atom. The van der Waals surface area contributed by atoms with Gasteiger partial charge in [0.15, 0.2) is 0 Å². The van der Waals surface area contributed by atoms with Gasteiger partial charge in [0.25, 0.3) is 0 Å². The first-order valence-corrected chi connectivity index (χ1v) is 14.5. The summed E-state index contributed by atoms with van der Waals surface area (Å²) in [5, 5.41) is 12.8. The van der Waals surface area contributed by atoms with E-state index in [1.54, 1.807) is 12.1 Å². The molecule has 0 saturated heterocycles. The number of aromatic carboxylic acids is 1. The van der Waals surface area contributed by atoms with E-state index in [1.165, 1.54) is 29.5 Å². The molecule has 0 unspecified atom stereocenters. The zero-order valence-electron chi connectivity index (χ0n) is 24.6. The van der Waals surface area contributed by atoms with Crippen LogP contribution >= 0.6 is 0 Å². The molecule has 3 aromatic carbocycles. The summed E-state index contributed by atoms with van der Waals surface area (Å²) in [5.41, 5.74) is 7.74. The van der Waals surface area contributed by atoms with Crippen LogP contribution in [-0.2, 0) is 10.8 Å². The highest BCUT2D eigenvalue weighted by molar-refractivity contribution is 5.88. The molecule has 2 N–H and O–H groups in total. The van der Waals surface area contributed by atoms with E-state index in [0.717, 1.165) is 48.2 Å². The molecule has 3 aromatic rings. The second-order valence-electron chi connectivity index (χ2n) is 12.6. The Labute approximate surface area is 234 Å². The minimum atomic E-state index is -0.912. The fourth-order valence-corrected chi connectivity index (χ4v) is 5.60. The maximum Gasteiger partial charge on any atom is 0.335 e. The lowest BCUT2D eigenvalue weighted by molar-refractivity contribution is 0.0697. The van der Waals surface area contributed by atoms with Crippen LogP contribution in [-0.4, -0.2) is 30.3 Å². The average Bonchev–Trinajstić information content (AvgIpc) is 2.90. The van der Waals surface area contributed by atoms with Crippen LogP contribution in [0.1, 0.15) is 95.1 Å². The smallest absolute Gasteiger partial charge is 0.335 e. The van der Waals surface area contributed by atoms with Gasteiger partial charge >= 0.3 is 5.97 Å². The van der Waals surface area contributed by atoms with Crippen LogP contribution in [0.4, 0.5) is 0 Å². The van der Waals surface area contributed by atoms with E-state index in [0.29, 0.717) is 18.2 Å². The Bertz CT molecular complexity index is 1290. The summed E-state index contributed by atoms with van der Waals surface area (Å²) in [7, 11) is 0. The van der Waals surface area contributed by atoms with Crippen LogP contribution in [0, 0.1) is 0 Å². The predicted molar refractivity (Wildman–Crippen MR) is 162 cm³/mol. The topological polar surface area (TPSA) is 58.6 Å². The first-order chi connectivity index (χ1) is 18.5. The number of unbranched alkanes of at least 4 members (excludes halogenated alkanes) is 2. The normalized spacial score (nSPS) is 15.7. The molecule has 1 aliphatic rings. The third-order valence-corrected chi connectivity index (χ3v) is 8.24. The number of carboxylic acids is 1. The number of carbonyl (C=O) groups is 1. The van der Waals surface area contributed by atoms with Crippen LogP contribution in [0.2, 0.25) is 0 Å². The van der Waals surface area contributed by atoms with Crippen LogP contribution < -0.4 is 10.1 Å². The highest BCUT2D eigenvalue weighted by Crippen LogP contribution is 2.47. The second kappa shape index (κ2) is 12.0. The van der Waals surface area contributed by atoms with Crippen LogP contribution in [0.3, 0.4) is 0 Å². The van der Waals surface area contributed by atoms with Crippen molar-refractivity contribution in [2.75, 3.05) is 13.2 Å². The predicted octanol–water partition coefficient (Wildman–Crippen LogP) is 8.61. The van der Waals surface area contributed by atoms with Crippen molar-refractivity contribution >= 4 is 5.97 Å². The SMILES string of the molecule is CC(C)NCCCCCOc1ccc(-c2ccc(C(=O)O)cc2)cc1-c1ccc2c(c1)C(C)(C)CCC2(C)C. The van der Waals surface area contributed by atoms with E-state index in [4.69, 9.17) is 4.74 Å². The van der Waals surface area contributed by atoms with Crippen molar-refractivity contribution in [3.05, 3.63) is 77.4 Å². The van der Waals surface area contributed by atoms with E-state index in [9.17, 15) is 9.90 Å². The summed E-state index contributed by atoms with van der Waals surface area (Å²) in [4.78, 5) is 11.3. The number of ether oxygens (including phenoxy) is 1. The lowest BCUT2D eigenvalue weighted by Crippen LogP contribution is -2.33. The molecule has 1 aliphatic carbocycles. The molecule has 0 spiro atoms. The van der Waals surface area contributed by atoms with E-state index in [1.807, 2.05) is 12.1 Å². The number of benzene rings is 3. The highest BCUT2D eigenvalue weighted by atomic mass is 16.5. The average molecular weight is 528 g/mol. The Morgan fingerprint density at radius 2 is 1.46 bits per heavy atom. The van der Waals surface area contributed by atoms with Gasteiger partial charge in [-0.15, -0.1) is 0 Å². The lowest BCUT2D eigenvalue weighted by Gasteiger charge is -2.42. The molecule has 4 rings (SSSR count). The molecule has 0 radical (unpaired) electrons. The quantitative estimate of drug-likeness (QED) is 0.245. The zero-order chi connectivity index (χ0) is 28.2. The number of fused-ring (bicyclic) bond motifs is 1. The Morgan fingerprint density at radius 1 is 0.821 bits per heavy atom. The highest BCUT2D eigenvalue weighted by Gasteiger charge is 2.37. The Hall–Kier alpha value is -3.11. The molecule has 0 amide bonds. The summed E-state index contributed by atoms with van der Waals surface area (Å²) in [6.07, 6.45) is 5.65. The minimum absolute atomic E-state index is 0.121. The largest absolute Gasteiger partial charge is 0.493 e. The first kappa shape index (κ1) is 28.9. The van der Waals surface area contributed by atoms with Crippen LogP contribution in [0.5, 0.6) is 5.75 Å². The summed E-state index contributed by atoms with van der Waals surface area (Å²) >= 11 is 0. The molecule has 0 saturated carbocycles. The van der Waals surface area contributed by atoms with Crippen molar-refractivity contribution in [1.29, 1.82) is 0 Å². The minimum Gasteiger partial charge on any atom is -0.493 e. The van der Waals surface area contributed by atoms with Gasteiger partial charge in [-0.3, -0.25) is 0 Å². The number of hydrogen-bond donors (Lipinski definition) is 2. The van der Waals surface area contributed by atoms with E-state index < -0.39 is 5.97 Å². The summed E-state index contributed by atoms with van der Waals surface area (Å²) < 4.78 is 6.40. The third kappa shape index (κ3) is 6.91. The van der Waals surface area contributed by atoms with Gasteiger partial charge in [0, 0.05) is 11.6 Å². The molecule has 4 heteroatoms. The summed E-state index contributed by atoms with van der Waals surface area (Å²) in [6.45, 7) is 15.5. The van der Waals surface area contributed by atoms with Crippen molar-refractivity contribution in [3.63, 3.8) is 0 Å². The van der Waals surface area contributed by atoms with Crippen molar-refractivity contribution < 1.29 is 14.6 Å². The molecule has 0 heterocycles. The van der Waals surface area contributed by atoms with Gasteiger partial charge in [0.2, 0.25) is 0 Å². The summed E-state index contributed by atoms with van der Waals surface area (Å²) in [5.74, 6) is -0.0143. The zero-order valence-corrected chi connectivity index (χ0v) is 24.6. The lowest BCUT2D eigenvalue weighted by atomic mass is 9.63. The molecule has 0 fully saturated rings. The number of carboxylic acid groups (broad SMARTS) is 1. The van der Waals surface area contributed by atoms with E-state index >= 15 is 0 Å². The van der Waals surface area contributed by atoms with Gasteiger partial charge in [-0.05, 0) is 102 Å². The van der Waals surface area contributed by atoms with E-state index in [-0.39, 0.29) is 10.8 Å². The third-order valence-electron chi connectivity index (χ3n) is 8.24. The van der Waals surface area contributed by atoms with Crippen LogP contribution in [0.15, 0.2) is 60.7 Å². The summed E-state index contributed by atoms with van der Waals surface area (Å²) in [6, 6.07) is 20.9. The fourth-order valence-electron chi connectivity index (χ4n) is 5.60. The second-order valence-corrected chi connectivity index (χ2v) is 12.6. The number of nitrogens with one attached hydrogen (secondary N) is 1. The monoisotopic (exact) mass is 527 g/mol. The molecule has 0 bridgehead atoms. The fraction of sp³-hybridized carbons (Fsp3) is 0.457. The molecule has 0 aliphatic heterocycles. The molecular formula is C35H45NO3. The Kier molecular flexibility index (Phi) is 8.86. The maximum atomic E-state index is 11.3. The molecule has 39 heavy (non-hydrogen) atoms. The van der Waals surface area contributed by atoms with Crippen molar-refractivity contribution in [3.8, 4) is 28.0 Å². The van der Waals surface area contributed by atoms with Gasteiger partial charge in [-0.2, -0.15) is 0 Å². The number of hydrogen-bond acceptors (Lipinski definition) is 3. The molecular weight excluding hydrogens is 482 g/mol. The van der Waals surface area contributed by atoms with Gasteiger partial charge in [-0.1, -0.05) is 77.9 Å². The molecule has 208 valence electrons. The van der Waals surface area contributed by atoms with E-state index in [2.05, 4.69) is 83.3 Å². The Balaban J connectivity index is 1.65. The van der Waals surface area contributed by atoms with Gasteiger partial charge in [-0.25, -0.2) is 4.79 Å². The standard InChI is InChI=1S/C35H45NO3/c1-24(2)36-20-8-7-9-21-39-32-17-15-27(25-10-12-26(13-11-25)33(37)38)22-29(32)28-14-16-30-31(23-28)35(5,6)19-18-34(30,3)4/h10-17,22-24,36H,7-9,18-21H2,1-6H3,(H,37,38). The van der Waals surface area contributed by atoms with Crippen molar-refractivity contribution in [2.45, 2.75) is 90.5 Å². The number of rotatable bonds is 11. The molecule has 0 atom stereocenters.